The van der Waals surface area contributed by atoms with Crippen LogP contribution in [0.1, 0.15) is 0 Å². The Morgan fingerprint density at radius 3 is 3.17 bits per heavy atom. The minimum absolute atomic E-state index is 0.0817. The summed E-state index contributed by atoms with van der Waals surface area (Å²) in [6.07, 6.45) is 0. The van der Waals surface area contributed by atoms with Gasteiger partial charge in [-0.1, -0.05) is 11.3 Å². The maximum absolute atomic E-state index is 11.6. The number of aliphatic hydroxyl groups excluding tert-OH is 1. The third-order valence-corrected chi connectivity index (χ3v) is 4.00. The lowest BCUT2D eigenvalue weighted by atomic mass is 10.3. The highest BCUT2D eigenvalue weighted by Gasteiger charge is 2.07. The van der Waals surface area contributed by atoms with E-state index in [4.69, 9.17) is 10.8 Å². The first-order valence-electron chi connectivity index (χ1n) is 5.33. The number of fused-ring (bicyclic) bond motifs is 1. The van der Waals surface area contributed by atoms with Crippen LogP contribution >= 0.6 is 23.1 Å². The standard InChI is InChI=1S/C11H13N3O2S2/c12-7-1-2-8-9(5-7)18-11(13-8)14-10(16)6-17-4-3-15/h1-2,5,15H,3-4,6,12H2,(H,13,14,16). The van der Waals surface area contributed by atoms with Gasteiger partial charge in [-0.05, 0) is 18.2 Å². The average Bonchev–Trinajstić information content (AvgIpc) is 2.70. The predicted octanol–water partition coefficient (Wildman–Crippen LogP) is 1.54. The van der Waals surface area contributed by atoms with Crippen LogP contribution < -0.4 is 11.1 Å². The third kappa shape index (κ3) is 3.34. The monoisotopic (exact) mass is 283 g/mol. The molecule has 1 heterocycles. The molecule has 0 aliphatic rings. The Bertz CT molecular complexity index is 556. The number of aliphatic hydroxyl groups is 1. The first-order valence-corrected chi connectivity index (χ1v) is 7.30. The molecule has 2 aromatic rings. The molecule has 7 heteroatoms. The van der Waals surface area contributed by atoms with Crippen molar-refractivity contribution in [2.75, 3.05) is 29.2 Å². The summed E-state index contributed by atoms with van der Waals surface area (Å²) in [4.78, 5) is 15.9. The van der Waals surface area contributed by atoms with Crippen LogP contribution in [-0.4, -0.2) is 34.1 Å². The molecule has 1 aromatic carbocycles. The van der Waals surface area contributed by atoms with Crippen LogP contribution in [0.25, 0.3) is 10.2 Å². The zero-order valence-corrected chi connectivity index (χ0v) is 11.2. The number of hydrogen-bond donors (Lipinski definition) is 3. The maximum atomic E-state index is 11.6. The van der Waals surface area contributed by atoms with Gasteiger partial charge in [0.05, 0.1) is 22.6 Å². The van der Waals surface area contributed by atoms with Gasteiger partial charge in [0.1, 0.15) is 0 Å². The van der Waals surface area contributed by atoms with Crippen molar-refractivity contribution in [3.05, 3.63) is 18.2 Å². The second-order valence-electron chi connectivity index (χ2n) is 3.57. The van der Waals surface area contributed by atoms with Gasteiger partial charge < -0.3 is 16.2 Å². The maximum Gasteiger partial charge on any atom is 0.236 e. The lowest BCUT2D eigenvalue weighted by Gasteiger charge is -1.99. The fraction of sp³-hybridized carbons (Fsp3) is 0.273. The number of nitrogen functional groups attached to an aromatic ring is 1. The SMILES string of the molecule is Nc1ccc2nc(NC(=O)CSCCO)sc2c1. The van der Waals surface area contributed by atoms with E-state index in [1.807, 2.05) is 12.1 Å². The molecule has 0 unspecified atom stereocenters. The van der Waals surface area contributed by atoms with Crippen molar-refractivity contribution in [2.24, 2.45) is 0 Å². The number of amides is 1. The summed E-state index contributed by atoms with van der Waals surface area (Å²) in [7, 11) is 0. The van der Waals surface area contributed by atoms with Crippen LogP contribution in [0.2, 0.25) is 0 Å². The van der Waals surface area contributed by atoms with Gasteiger partial charge in [-0.2, -0.15) is 0 Å². The van der Waals surface area contributed by atoms with E-state index in [9.17, 15) is 4.79 Å². The molecule has 0 fully saturated rings. The van der Waals surface area contributed by atoms with Crippen LogP contribution in [0.4, 0.5) is 10.8 Å². The molecular formula is C11H13N3O2S2. The van der Waals surface area contributed by atoms with E-state index in [0.717, 1.165) is 10.2 Å². The van der Waals surface area contributed by atoms with E-state index in [-0.39, 0.29) is 12.5 Å². The van der Waals surface area contributed by atoms with Crippen LogP contribution in [0, 0.1) is 0 Å². The Kier molecular flexibility index (Phi) is 4.40. The number of thiazole rings is 1. The number of carbonyl (C=O) groups is 1. The smallest absolute Gasteiger partial charge is 0.236 e. The minimum atomic E-state index is -0.111. The Hall–Kier alpha value is -1.31. The van der Waals surface area contributed by atoms with Crippen LogP contribution in [0.5, 0.6) is 0 Å². The largest absolute Gasteiger partial charge is 0.399 e. The van der Waals surface area contributed by atoms with Gasteiger partial charge in [0.15, 0.2) is 5.13 Å². The second kappa shape index (κ2) is 6.03. The van der Waals surface area contributed by atoms with E-state index in [1.54, 1.807) is 6.07 Å². The number of rotatable bonds is 5. The van der Waals surface area contributed by atoms with Crippen LogP contribution in [0.3, 0.4) is 0 Å². The molecule has 0 saturated carbocycles. The Balaban J connectivity index is 2.01. The molecule has 2 rings (SSSR count). The van der Waals surface area contributed by atoms with Gasteiger partial charge in [0.2, 0.25) is 5.91 Å². The number of benzene rings is 1. The number of anilines is 2. The van der Waals surface area contributed by atoms with Crippen molar-refractivity contribution in [1.29, 1.82) is 0 Å². The molecular weight excluding hydrogens is 270 g/mol. The predicted molar refractivity (Wildman–Crippen MR) is 77.1 cm³/mol. The Labute approximate surface area is 112 Å². The molecule has 96 valence electrons. The van der Waals surface area contributed by atoms with E-state index < -0.39 is 0 Å². The van der Waals surface area contributed by atoms with Crippen molar-refractivity contribution >= 4 is 50.0 Å². The molecule has 1 amide bonds. The molecule has 5 nitrogen and oxygen atoms in total. The van der Waals surface area contributed by atoms with Gasteiger partial charge >= 0.3 is 0 Å². The number of aromatic nitrogens is 1. The molecule has 0 atom stereocenters. The Morgan fingerprint density at radius 2 is 2.39 bits per heavy atom. The highest BCUT2D eigenvalue weighted by molar-refractivity contribution is 7.99. The van der Waals surface area contributed by atoms with E-state index >= 15 is 0 Å². The van der Waals surface area contributed by atoms with Gasteiger partial charge in [-0.25, -0.2) is 4.98 Å². The number of nitrogens with two attached hydrogens (primary N) is 1. The van der Waals surface area contributed by atoms with E-state index in [2.05, 4.69) is 10.3 Å². The minimum Gasteiger partial charge on any atom is -0.399 e. The summed E-state index contributed by atoms with van der Waals surface area (Å²) < 4.78 is 0.952. The van der Waals surface area contributed by atoms with Gasteiger partial charge in [-0.3, -0.25) is 4.79 Å². The lowest BCUT2D eigenvalue weighted by Crippen LogP contribution is -2.14. The van der Waals surface area contributed by atoms with E-state index in [0.29, 0.717) is 22.3 Å². The zero-order chi connectivity index (χ0) is 13.0. The summed E-state index contributed by atoms with van der Waals surface area (Å²) in [5.74, 6) is 0.767. The molecule has 0 saturated heterocycles. The average molecular weight is 283 g/mol. The molecule has 0 aliphatic heterocycles. The molecule has 4 N–H and O–H groups in total. The van der Waals surface area contributed by atoms with Crippen LogP contribution in [-0.2, 0) is 4.79 Å². The summed E-state index contributed by atoms with van der Waals surface area (Å²) in [5.41, 5.74) is 7.19. The number of carbonyl (C=O) groups excluding carboxylic acids is 1. The van der Waals surface area contributed by atoms with Crippen molar-refractivity contribution in [2.45, 2.75) is 0 Å². The first-order chi connectivity index (χ1) is 8.69. The zero-order valence-electron chi connectivity index (χ0n) is 9.55. The Morgan fingerprint density at radius 1 is 1.56 bits per heavy atom. The highest BCUT2D eigenvalue weighted by atomic mass is 32.2. The molecule has 18 heavy (non-hydrogen) atoms. The van der Waals surface area contributed by atoms with E-state index in [1.165, 1.54) is 23.1 Å². The summed E-state index contributed by atoms with van der Waals surface area (Å²) >= 11 is 2.78. The van der Waals surface area contributed by atoms with Crippen molar-refractivity contribution in [3.8, 4) is 0 Å². The highest BCUT2D eigenvalue weighted by Crippen LogP contribution is 2.27. The van der Waals surface area contributed by atoms with Gasteiger partial charge in [0.25, 0.3) is 0 Å². The fourth-order valence-electron chi connectivity index (χ4n) is 1.38. The van der Waals surface area contributed by atoms with Crippen molar-refractivity contribution in [1.82, 2.24) is 4.98 Å². The number of thioether (sulfide) groups is 1. The number of nitrogens with one attached hydrogen (secondary N) is 1. The van der Waals surface area contributed by atoms with Crippen LogP contribution in [0.15, 0.2) is 18.2 Å². The normalized spacial score (nSPS) is 10.7. The molecule has 0 spiro atoms. The summed E-state index contributed by atoms with van der Waals surface area (Å²) in [5, 5.41) is 11.9. The summed E-state index contributed by atoms with van der Waals surface area (Å²) in [6.45, 7) is 0.0817. The van der Waals surface area contributed by atoms with Crippen molar-refractivity contribution in [3.63, 3.8) is 0 Å². The van der Waals surface area contributed by atoms with Gasteiger partial charge in [-0.15, -0.1) is 11.8 Å². The third-order valence-electron chi connectivity index (χ3n) is 2.13. The molecule has 1 aromatic heterocycles. The molecule has 0 aliphatic carbocycles. The van der Waals surface area contributed by atoms with Crippen molar-refractivity contribution < 1.29 is 9.90 Å². The second-order valence-corrected chi connectivity index (χ2v) is 5.71. The topological polar surface area (TPSA) is 88.2 Å². The molecule has 0 radical (unpaired) electrons. The number of hydrogen-bond acceptors (Lipinski definition) is 6. The fourth-order valence-corrected chi connectivity index (χ4v) is 2.84. The first kappa shape index (κ1) is 13.1. The number of nitrogens with zero attached hydrogens (tertiary/aromatic N) is 1. The quantitative estimate of drug-likeness (QED) is 0.572. The summed E-state index contributed by atoms with van der Waals surface area (Å²) in [6, 6.07) is 5.45. The lowest BCUT2D eigenvalue weighted by molar-refractivity contribution is -0.113. The van der Waals surface area contributed by atoms with Gasteiger partial charge in [0, 0.05) is 11.4 Å². The molecule has 0 bridgehead atoms.